The number of para-hydroxylation sites is 2. The maximum absolute atomic E-state index is 11.5. The van der Waals surface area contributed by atoms with Crippen LogP contribution in [0.25, 0.3) is 0 Å². The Morgan fingerprint density at radius 1 is 0.667 bits per heavy atom. The second-order valence-electron chi connectivity index (χ2n) is 9.07. The molecule has 4 rings (SSSR count). The molecule has 0 bridgehead atoms. The van der Waals surface area contributed by atoms with Crippen LogP contribution in [0.5, 0.6) is 0 Å². The summed E-state index contributed by atoms with van der Waals surface area (Å²) in [6, 6.07) is 21.3. The molecule has 0 saturated heterocycles. The topological polar surface area (TPSA) is 90.5 Å². The van der Waals surface area contributed by atoms with Crippen LogP contribution in [0.1, 0.15) is 51.4 Å². The second kappa shape index (κ2) is 12.9. The van der Waals surface area contributed by atoms with Crippen molar-refractivity contribution in [1.29, 1.82) is 0 Å². The minimum Gasteiger partial charge on any atom is -0.481 e. The van der Waals surface area contributed by atoms with Gasteiger partial charge in [0.1, 0.15) is 0 Å². The van der Waals surface area contributed by atoms with Crippen molar-refractivity contribution in [1.82, 2.24) is 5.32 Å². The summed E-state index contributed by atoms with van der Waals surface area (Å²) in [6.07, 6.45) is 7.62. The van der Waals surface area contributed by atoms with Gasteiger partial charge in [-0.15, -0.1) is 0 Å². The standard InChI is InChI=1S/C14H20N2O.C13H17NO2/c1-15-14(17)11-7-9-13(10-8-11)16-12-5-3-2-4-6-12;15-13(16)10-6-8-12(9-7-10)14-11-4-2-1-3-5-11/h2-6,11,13,16H,7-10H2,1H3,(H,15,17);1-5,10,12,14H,6-9H2,(H,15,16). The van der Waals surface area contributed by atoms with Gasteiger partial charge in [0.25, 0.3) is 0 Å². The van der Waals surface area contributed by atoms with Crippen LogP contribution in [-0.4, -0.2) is 36.1 Å². The summed E-state index contributed by atoms with van der Waals surface area (Å²) < 4.78 is 0. The lowest BCUT2D eigenvalue weighted by molar-refractivity contribution is -0.142. The lowest BCUT2D eigenvalue weighted by Gasteiger charge is -2.28. The molecule has 2 aromatic carbocycles. The predicted octanol–water partition coefficient (Wildman–Crippen LogP) is 5.15. The summed E-state index contributed by atoms with van der Waals surface area (Å²) in [5.74, 6) is -0.357. The molecule has 0 aromatic heterocycles. The zero-order valence-corrected chi connectivity index (χ0v) is 19.5. The lowest BCUT2D eigenvalue weighted by Crippen LogP contribution is -2.34. The molecule has 1 amide bonds. The minimum absolute atomic E-state index is 0.131. The number of anilines is 2. The van der Waals surface area contributed by atoms with E-state index in [9.17, 15) is 9.59 Å². The van der Waals surface area contributed by atoms with Crippen LogP contribution in [0, 0.1) is 11.8 Å². The van der Waals surface area contributed by atoms with Gasteiger partial charge in [-0.2, -0.15) is 0 Å². The Labute approximate surface area is 197 Å². The average Bonchev–Trinajstić information content (AvgIpc) is 2.86. The van der Waals surface area contributed by atoms with E-state index in [0.717, 1.165) is 57.1 Å². The number of amides is 1. The minimum atomic E-state index is -0.641. The third-order valence-electron chi connectivity index (χ3n) is 6.71. The van der Waals surface area contributed by atoms with Crippen LogP contribution < -0.4 is 16.0 Å². The van der Waals surface area contributed by atoms with E-state index in [4.69, 9.17) is 5.11 Å². The van der Waals surface area contributed by atoms with Gasteiger partial charge in [-0.1, -0.05) is 36.4 Å². The number of benzene rings is 2. The van der Waals surface area contributed by atoms with Crippen molar-refractivity contribution in [2.24, 2.45) is 11.8 Å². The number of nitrogens with one attached hydrogen (secondary N) is 3. The Bertz CT molecular complexity index is 843. The molecule has 4 N–H and O–H groups in total. The molecule has 2 aliphatic carbocycles. The highest BCUT2D eigenvalue weighted by Gasteiger charge is 2.26. The Balaban J connectivity index is 0.000000186. The molecule has 0 atom stereocenters. The molecule has 0 heterocycles. The molecule has 2 aliphatic rings. The van der Waals surface area contributed by atoms with Crippen molar-refractivity contribution in [3.8, 4) is 0 Å². The number of rotatable bonds is 6. The van der Waals surface area contributed by atoms with Crippen molar-refractivity contribution in [2.45, 2.75) is 63.5 Å². The van der Waals surface area contributed by atoms with Crippen LogP contribution in [0.4, 0.5) is 11.4 Å². The molecule has 2 saturated carbocycles. The summed E-state index contributed by atoms with van der Waals surface area (Å²) >= 11 is 0. The summed E-state index contributed by atoms with van der Waals surface area (Å²) in [6.45, 7) is 0. The van der Waals surface area contributed by atoms with E-state index in [1.54, 1.807) is 7.05 Å². The SMILES string of the molecule is CNC(=O)C1CCC(Nc2ccccc2)CC1.O=C(O)C1CCC(Nc2ccccc2)CC1. The first-order chi connectivity index (χ1) is 16.0. The first-order valence-corrected chi connectivity index (χ1v) is 12.1. The number of carbonyl (C=O) groups is 2. The van der Waals surface area contributed by atoms with Gasteiger partial charge in [0.05, 0.1) is 5.92 Å². The van der Waals surface area contributed by atoms with Crippen LogP contribution >= 0.6 is 0 Å². The van der Waals surface area contributed by atoms with E-state index in [-0.39, 0.29) is 17.7 Å². The summed E-state index contributed by atoms with van der Waals surface area (Å²) in [7, 11) is 1.72. The summed E-state index contributed by atoms with van der Waals surface area (Å²) in [5.41, 5.74) is 2.30. The summed E-state index contributed by atoms with van der Waals surface area (Å²) in [5, 5.41) is 18.6. The van der Waals surface area contributed by atoms with Crippen molar-refractivity contribution >= 4 is 23.3 Å². The Morgan fingerprint density at radius 2 is 1.06 bits per heavy atom. The van der Waals surface area contributed by atoms with E-state index in [0.29, 0.717) is 12.1 Å². The molecule has 178 valence electrons. The third-order valence-corrected chi connectivity index (χ3v) is 6.71. The van der Waals surface area contributed by atoms with Crippen molar-refractivity contribution < 1.29 is 14.7 Å². The van der Waals surface area contributed by atoms with E-state index < -0.39 is 5.97 Å². The molecular formula is C27H37N3O3. The fraction of sp³-hybridized carbons (Fsp3) is 0.481. The Hall–Kier alpha value is -3.02. The first-order valence-electron chi connectivity index (χ1n) is 12.1. The Morgan fingerprint density at radius 3 is 1.42 bits per heavy atom. The molecule has 6 nitrogen and oxygen atoms in total. The largest absolute Gasteiger partial charge is 0.481 e. The second-order valence-corrected chi connectivity index (χ2v) is 9.07. The number of hydrogen-bond donors (Lipinski definition) is 4. The normalized spacial score (nSPS) is 24.5. The van der Waals surface area contributed by atoms with Gasteiger partial charge in [0, 0.05) is 36.4 Å². The van der Waals surface area contributed by atoms with Crippen molar-refractivity contribution in [3.05, 3.63) is 60.7 Å². The number of aliphatic carboxylic acids is 1. The van der Waals surface area contributed by atoms with E-state index in [1.807, 2.05) is 48.5 Å². The van der Waals surface area contributed by atoms with Crippen LogP contribution in [0.3, 0.4) is 0 Å². The maximum atomic E-state index is 11.5. The van der Waals surface area contributed by atoms with Gasteiger partial charge in [-0.3, -0.25) is 9.59 Å². The van der Waals surface area contributed by atoms with Gasteiger partial charge >= 0.3 is 5.97 Å². The molecule has 6 heteroatoms. The van der Waals surface area contributed by atoms with Gasteiger partial charge in [0.2, 0.25) is 5.91 Å². The number of carbonyl (C=O) groups excluding carboxylic acids is 1. The average molecular weight is 452 g/mol. The quantitative estimate of drug-likeness (QED) is 0.488. The Kier molecular flexibility index (Phi) is 9.60. The molecule has 33 heavy (non-hydrogen) atoms. The summed E-state index contributed by atoms with van der Waals surface area (Å²) in [4.78, 5) is 22.3. The lowest BCUT2D eigenvalue weighted by atomic mass is 9.85. The smallest absolute Gasteiger partial charge is 0.306 e. The highest BCUT2D eigenvalue weighted by molar-refractivity contribution is 5.78. The fourth-order valence-corrected chi connectivity index (χ4v) is 4.73. The highest BCUT2D eigenvalue weighted by Crippen LogP contribution is 2.27. The first kappa shape index (κ1) is 24.6. The van der Waals surface area contributed by atoms with Crippen LogP contribution in [0.2, 0.25) is 0 Å². The van der Waals surface area contributed by atoms with Gasteiger partial charge < -0.3 is 21.1 Å². The number of hydrogen-bond acceptors (Lipinski definition) is 4. The molecule has 0 spiro atoms. The zero-order valence-electron chi connectivity index (χ0n) is 19.5. The van der Waals surface area contributed by atoms with Gasteiger partial charge in [0.15, 0.2) is 0 Å². The number of carboxylic acids is 1. The molecule has 0 radical (unpaired) electrons. The molecule has 0 aliphatic heterocycles. The maximum Gasteiger partial charge on any atom is 0.306 e. The molecule has 2 fully saturated rings. The van der Waals surface area contributed by atoms with Gasteiger partial charge in [-0.25, -0.2) is 0 Å². The van der Waals surface area contributed by atoms with E-state index >= 15 is 0 Å². The van der Waals surface area contributed by atoms with Crippen LogP contribution in [-0.2, 0) is 9.59 Å². The molecule has 0 unspecified atom stereocenters. The van der Waals surface area contributed by atoms with Crippen molar-refractivity contribution in [3.63, 3.8) is 0 Å². The van der Waals surface area contributed by atoms with E-state index in [2.05, 4.69) is 28.1 Å². The highest BCUT2D eigenvalue weighted by atomic mass is 16.4. The molecule has 2 aromatic rings. The van der Waals surface area contributed by atoms with Crippen LogP contribution in [0.15, 0.2) is 60.7 Å². The zero-order chi connectivity index (χ0) is 23.5. The fourth-order valence-electron chi connectivity index (χ4n) is 4.73. The van der Waals surface area contributed by atoms with Gasteiger partial charge in [-0.05, 0) is 75.6 Å². The van der Waals surface area contributed by atoms with Crippen molar-refractivity contribution in [2.75, 3.05) is 17.7 Å². The molecular weight excluding hydrogens is 414 g/mol. The van der Waals surface area contributed by atoms with E-state index in [1.165, 1.54) is 5.69 Å². The monoisotopic (exact) mass is 451 g/mol. The number of carboxylic acid groups (broad SMARTS) is 1. The third kappa shape index (κ3) is 8.12. The predicted molar refractivity (Wildman–Crippen MR) is 133 cm³/mol.